The van der Waals surface area contributed by atoms with Crippen molar-refractivity contribution in [2.24, 2.45) is 0 Å². The fourth-order valence-electron chi connectivity index (χ4n) is 2.37. The van der Waals surface area contributed by atoms with Gasteiger partial charge in [-0.15, -0.1) is 0 Å². The summed E-state index contributed by atoms with van der Waals surface area (Å²) in [5, 5.41) is 15.0. The van der Waals surface area contributed by atoms with Crippen molar-refractivity contribution in [1.82, 2.24) is 5.32 Å². The van der Waals surface area contributed by atoms with Crippen LogP contribution in [-0.2, 0) is 16.1 Å². The highest BCUT2D eigenvalue weighted by Gasteiger charge is 2.11. The van der Waals surface area contributed by atoms with Crippen LogP contribution in [0, 0.1) is 25.2 Å². The van der Waals surface area contributed by atoms with E-state index < -0.39 is 11.9 Å². The zero-order valence-corrected chi connectivity index (χ0v) is 15.5. The van der Waals surface area contributed by atoms with Gasteiger partial charge in [0, 0.05) is 18.4 Å². The molecular weight excluding hydrogens is 342 g/mol. The predicted octanol–water partition coefficient (Wildman–Crippen LogP) is 3.23. The molecule has 0 spiro atoms. The number of hydrogen-bond donors (Lipinski definition) is 2. The number of aryl methyl sites for hydroxylation is 1. The number of esters is 1. The molecule has 0 aliphatic heterocycles. The van der Waals surface area contributed by atoms with Crippen molar-refractivity contribution >= 4 is 17.6 Å². The smallest absolute Gasteiger partial charge is 0.337 e. The highest BCUT2D eigenvalue weighted by atomic mass is 16.5. The number of carbonyl (C=O) groups excluding carboxylic acids is 2. The van der Waals surface area contributed by atoms with Crippen molar-refractivity contribution in [2.75, 3.05) is 12.4 Å². The van der Waals surface area contributed by atoms with Crippen LogP contribution in [0.5, 0.6) is 0 Å². The third-order valence-electron chi connectivity index (χ3n) is 4.15. The number of carbonyl (C=O) groups is 2. The number of anilines is 1. The lowest BCUT2D eigenvalue weighted by molar-refractivity contribution is -0.112. The first-order chi connectivity index (χ1) is 13.0. The number of amides is 1. The molecule has 0 fully saturated rings. The summed E-state index contributed by atoms with van der Waals surface area (Å²) in [6.45, 7) is 4.28. The first kappa shape index (κ1) is 19.7. The number of hydrogen-bond acceptors (Lipinski definition) is 5. The molecule has 0 aliphatic carbocycles. The zero-order chi connectivity index (χ0) is 19.8. The molecule has 2 aromatic rings. The average molecular weight is 363 g/mol. The SMILES string of the molecule is COC(=O)c1ccc(CN/C=C(/C#N)C(=O)Nc2cccc(C)c2C)cc1. The van der Waals surface area contributed by atoms with E-state index in [4.69, 9.17) is 0 Å². The van der Waals surface area contributed by atoms with Gasteiger partial charge in [-0.05, 0) is 48.7 Å². The van der Waals surface area contributed by atoms with E-state index in [-0.39, 0.29) is 5.57 Å². The van der Waals surface area contributed by atoms with Gasteiger partial charge in [0.25, 0.3) is 5.91 Å². The Morgan fingerprint density at radius 2 is 1.85 bits per heavy atom. The van der Waals surface area contributed by atoms with E-state index in [1.165, 1.54) is 13.3 Å². The largest absolute Gasteiger partial charge is 0.465 e. The predicted molar refractivity (Wildman–Crippen MR) is 103 cm³/mol. The summed E-state index contributed by atoms with van der Waals surface area (Å²) in [7, 11) is 1.33. The standard InChI is InChI=1S/C21H21N3O3/c1-14-5-4-6-19(15(14)2)24-20(25)18(11-22)13-23-12-16-7-9-17(10-8-16)21(26)27-3/h4-10,13,23H,12H2,1-3H3,(H,24,25)/b18-13-. The second-order valence-electron chi connectivity index (χ2n) is 5.94. The van der Waals surface area contributed by atoms with Crippen molar-refractivity contribution in [3.63, 3.8) is 0 Å². The Kier molecular flexibility index (Phi) is 6.73. The molecular formula is C21H21N3O3. The fourth-order valence-corrected chi connectivity index (χ4v) is 2.37. The van der Waals surface area contributed by atoms with Gasteiger partial charge >= 0.3 is 5.97 Å². The number of ether oxygens (including phenoxy) is 1. The van der Waals surface area contributed by atoms with Crippen LogP contribution in [-0.4, -0.2) is 19.0 Å². The van der Waals surface area contributed by atoms with Crippen LogP contribution in [0.2, 0.25) is 0 Å². The molecule has 0 heterocycles. The van der Waals surface area contributed by atoms with Crippen LogP contribution >= 0.6 is 0 Å². The molecule has 2 N–H and O–H groups in total. The summed E-state index contributed by atoms with van der Waals surface area (Å²) < 4.78 is 4.65. The number of methoxy groups -OCH3 is 1. The normalized spacial score (nSPS) is 10.7. The summed E-state index contributed by atoms with van der Waals surface area (Å²) in [4.78, 5) is 23.7. The van der Waals surface area contributed by atoms with E-state index in [2.05, 4.69) is 15.4 Å². The summed E-state index contributed by atoms with van der Waals surface area (Å²) in [5.41, 5.74) is 4.03. The monoisotopic (exact) mass is 363 g/mol. The van der Waals surface area contributed by atoms with Crippen molar-refractivity contribution in [2.45, 2.75) is 20.4 Å². The van der Waals surface area contributed by atoms with Gasteiger partial charge < -0.3 is 15.4 Å². The van der Waals surface area contributed by atoms with Gasteiger partial charge in [0.2, 0.25) is 0 Å². The Morgan fingerprint density at radius 3 is 2.48 bits per heavy atom. The minimum Gasteiger partial charge on any atom is -0.465 e. The summed E-state index contributed by atoms with van der Waals surface area (Å²) in [6, 6.07) is 14.4. The number of nitrogens with one attached hydrogen (secondary N) is 2. The number of nitrogens with zero attached hydrogens (tertiary/aromatic N) is 1. The van der Waals surface area contributed by atoms with E-state index >= 15 is 0 Å². The van der Waals surface area contributed by atoms with Crippen LogP contribution in [0.1, 0.15) is 27.0 Å². The van der Waals surface area contributed by atoms with Gasteiger partial charge in [0.1, 0.15) is 11.6 Å². The molecule has 6 heteroatoms. The minimum absolute atomic E-state index is 0.0258. The third-order valence-corrected chi connectivity index (χ3v) is 4.15. The molecule has 0 aliphatic rings. The first-order valence-electron chi connectivity index (χ1n) is 8.34. The number of rotatable bonds is 6. The highest BCUT2D eigenvalue weighted by Crippen LogP contribution is 2.18. The van der Waals surface area contributed by atoms with Gasteiger partial charge in [0.05, 0.1) is 12.7 Å². The van der Waals surface area contributed by atoms with Gasteiger partial charge in [-0.1, -0.05) is 24.3 Å². The molecule has 0 unspecified atom stereocenters. The van der Waals surface area contributed by atoms with Crippen molar-refractivity contribution in [3.8, 4) is 6.07 Å². The van der Waals surface area contributed by atoms with E-state index in [1.54, 1.807) is 30.3 Å². The van der Waals surface area contributed by atoms with Crippen molar-refractivity contribution in [1.29, 1.82) is 5.26 Å². The highest BCUT2D eigenvalue weighted by molar-refractivity contribution is 6.06. The molecule has 138 valence electrons. The summed E-state index contributed by atoms with van der Waals surface area (Å²) in [6.07, 6.45) is 1.38. The molecule has 6 nitrogen and oxygen atoms in total. The Morgan fingerprint density at radius 1 is 1.15 bits per heavy atom. The van der Waals surface area contributed by atoms with Crippen LogP contribution < -0.4 is 10.6 Å². The van der Waals surface area contributed by atoms with E-state index in [0.29, 0.717) is 17.8 Å². The topological polar surface area (TPSA) is 91.2 Å². The molecule has 0 radical (unpaired) electrons. The zero-order valence-electron chi connectivity index (χ0n) is 15.5. The van der Waals surface area contributed by atoms with Crippen LogP contribution in [0.15, 0.2) is 54.2 Å². The van der Waals surface area contributed by atoms with Crippen LogP contribution in [0.4, 0.5) is 5.69 Å². The molecule has 2 aromatic carbocycles. The second kappa shape index (κ2) is 9.20. The van der Waals surface area contributed by atoms with E-state index in [0.717, 1.165) is 16.7 Å². The Bertz CT molecular complexity index is 909. The third kappa shape index (κ3) is 5.19. The molecule has 1 amide bonds. The lowest BCUT2D eigenvalue weighted by Crippen LogP contribution is -2.17. The van der Waals surface area contributed by atoms with E-state index in [9.17, 15) is 14.9 Å². The maximum atomic E-state index is 12.3. The quantitative estimate of drug-likeness (QED) is 0.467. The fraction of sp³-hybridized carbons (Fsp3) is 0.190. The molecule has 2 rings (SSSR count). The molecule has 0 atom stereocenters. The van der Waals surface area contributed by atoms with Crippen LogP contribution in [0.25, 0.3) is 0 Å². The molecule has 0 bridgehead atoms. The van der Waals surface area contributed by atoms with Crippen LogP contribution in [0.3, 0.4) is 0 Å². The molecule has 0 aromatic heterocycles. The van der Waals surface area contributed by atoms with Gasteiger partial charge in [-0.25, -0.2) is 4.79 Å². The maximum absolute atomic E-state index is 12.3. The second-order valence-corrected chi connectivity index (χ2v) is 5.94. The van der Waals surface area contributed by atoms with Gasteiger partial charge in [-0.2, -0.15) is 5.26 Å². The molecule has 0 saturated carbocycles. The first-order valence-corrected chi connectivity index (χ1v) is 8.34. The Labute approximate surface area is 158 Å². The Hall–Kier alpha value is -3.59. The lowest BCUT2D eigenvalue weighted by atomic mass is 10.1. The number of benzene rings is 2. The molecule has 27 heavy (non-hydrogen) atoms. The van der Waals surface area contributed by atoms with Gasteiger partial charge in [0.15, 0.2) is 0 Å². The molecule has 0 saturated heterocycles. The summed E-state index contributed by atoms with van der Waals surface area (Å²) in [5.74, 6) is -0.871. The average Bonchev–Trinajstić information content (AvgIpc) is 2.68. The van der Waals surface area contributed by atoms with Gasteiger partial charge in [-0.3, -0.25) is 4.79 Å². The van der Waals surface area contributed by atoms with Crippen molar-refractivity contribution in [3.05, 3.63) is 76.5 Å². The van der Waals surface area contributed by atoms with E-state index in [1.807, 2.05) is 32.0 Å². The minimum atomic E-state index is -0.472. The lowest BCUT2D eigenvalue weighted by Gasteiger charge is -2.10. The Balaban J connectivity index is 1.99. The number of nitriles is 1. The summed E-state index contributed by atoms with van der Waals surface area (Å²) >= 11 is 0. The maximum Gasteiger partial charge on any atom is 0.337 e. The van der Waals surface area contributed by atoms with Crippen molar-refractivity contribution < 1.29 is 14.3 Å².